The quantitative estimate of drug-likeness (QED) is 0.0204. The van der Waals surface area contributed by atoms with Gasteiger partial charge in [0, 0.05) is 6.42 Å². The van der Waals surface area contributed by atoms with Gasteiger partial charge in [-0.05, 0) is 109 Å². The molecule has 0 radical (unpaired) electrons. The fourth-order valence-corrected chi connectivity index (χ4v) is 12.6. The maximum absolute atomic E-state index is 13.4. The van der Waals surface area contributed by atoms with Crippen molar-refractivity contribution in [3.63, 3.8) is 0 Å². The van der Waals surface area contributed by atoms with Gasteiger partial charge in [-0.3, -0.25) is 4.79 Å². The number of allylic oxidation sites excluding steroid dienone is 23. The molecule has 12 unspecified atom stereocenters. The number of aliphatic hydroxyl groups is 8. The third-order valence-electron chi connectivity index (χ3n) is 19.0. The SMILES string of the molecule is CC/C=C\C/C=C\C/C=C\C/C=C\C/C=C\C/C=C\C/C=C\C/C=C\C/C=C\C/C=C\CCCCCCCCC(=O)NC(COC1OC(CO)C(OC2OC(CO)C(O)C(O)C2O)C(O)C1O)C(O)/C=C/CC/C=C/CCCCCCCCCCCCCCCCCCCCCCCCCCC. The van der Waals surface area contributed by atoms with Crippen molar-refractivity contribution in [2.45, 2.75) is 383 Å². The molecule has 102 heavy (non-hydrogen) atoms. The Balaban J connectivity index is 1.65. The third kappa shape index (κ3) is 52.0. The number of unbranched alkanes of at least 4 members (excludes halogenated alkanes) is 32. The Bertz CT molecular complexity index is 2280. The Morgan fingerprint density at radius 2 is 0.686 bits per heavy atom. The highest BCUT2D eigenvalue weighted by molar-refractivity contribution is 5.76. The summed E-state index contributed by atoms with van der Waals surface area (Å²) in [4.78, 5) is 13.4. The van der Waals surface area contributed by atoms with Crippen LogP contribution < -0.4 is 5.32 Å². The highest BCUT2D eigenvalue weighted by Crippen LogP contribution is 2.30. The van der Waals surface area contributed by atoms with Crippen molar-refractivity contribution in [1.82, 2.24) is 5.32 Å². The zero-order chi connectivity index (χ0) is 73.7. The molecule has 0 spiro atoms. The minimum atomic E-state index is -1.80. The predicted octanol–water partition coefficient (Wildman–Crippen LogP) is 19.1. The van der Waals surface area contributed by atoms with Gasteiger partial charge >= 0.3 is 0 Å². The van der Waals surface area contributed by atoms with Crippen molar-refractivity contribution in [3.8, 4) is 0 Å². The normalized spacial score (nSPS) is 22.5. The average molecular weight is 1430 g/mol. The Labute approximate surface area is 621 Å². The minimum absolute atomic E-state index is 0.247. The van der Waals surface area contributed by atoms with E-state index in [-0.39, 0.29) is 18.9 Å². The largest absolute Gasteiger partial charge is 0.394 e. The van der Waals surface area contributed by atoms with E-state index < -0.39 is 86.8 Å². The van der Waals surface area contributed by atoms with Crippen molar-refractivity contribution >= 4 is 5.91 Å². The number of hydrogen-bond donors (Lipinski definition) is 9. The predicted molar refractivity (Wildman–Crippen MR) is 424 cm³/mol. The van der Waals surface area contributed by atoms with Gasteiger partial charge in [0.15, 0.2) is 12.6 Å². The second kappa shape index (κ2) is 69.9. The molecule has 9 N–H and O–H groups in total. The van der Waals surface area contributed by atoms with Gasteiger partial charge < -0.3 is 65.1 Å². The minimum Gasteiger partial charge on any atom is -0.394 e. The van der Waals surface area contributed by atoms with Crippen molar-refractivity contribution in [2.24, 2.45) is 0 Å². The molecule has 14 nitrogen and oxygen atoms in total. The lowest BCUT2D eigenvalue weighted by Gasteiger charge is -2.46. The van der Waals surface area contributed by atoms with Gasteiger partial charge in [-0.25, -0.2) is 0 Å². The van der Waals surface area contributed by atoms with E-state index in [0.29, 0.717) is 12.8 Å². The Hall–Kier alpha value is -4.13. The van der Waals surface area contributed by atoms with Crippen LogP contribution in [0.1, 0.15) is 309 Å². The molecule has 0 aromatic heterocycles. The zero-order valence-corrected chi connectivity index (χ0v) is 64.1. The summed E-state index contributed by atoms with van der Waals surface area (Å²) in [5.74, 6) is -0.267. The van der Waals surface area contributed by atoms with E-state index in [2.05, 4.69) is 153 Å². The monoisotopic (exact) mass is 1430 g/mol. The van der Waals surface area contributed by atoms with Gasteiger partial charge in [0.1, 0.15) is 48.8 Å². The summed E-state index contributed by atoms with van der Waals surface area (Å²) in [6.45, 7) is 2.68. The number of amides is 1. The standard InChI is InChI=1S/C88H149NO13/c1-3-5-7-9-11-13-15-17-19-21-23-25-27-29-31-33-35-36-37-38-39-40-42-44-46-48-50-52-54-56-58-60-62-64-66-68-70-72-80(93)89-76(75-99-87-85(98)83(96)86(79(74-91)101-87)102-88-84(97)82(95)81(94)78(73-90)100-88)77(92)71-69-67-65-63-61-59-57-55-53-51-49-47-45-43-41-34-32-30-28-26-24-22-20-18-16-14-12-10-8-6-4-2/h5,7,11,13,17,19,23,25,29,31,35-36,38-39,42,44,48,50,54,56,61,63,69,71,76-79,81-88,90-92,94-98H,3-4,6,8-10,12,14-16,18,20-22,24,26-28,30,32-34,37,40-41,43,45-47,49,51-53,55,57-60,62,64-68,70,72-75H2,1-2H3,(H,89,93)/b7-5-,13-11-,19-17-,25-23-,31-29-,36-35-,39-38-,44-42-,50-48-,56-54-,63-61+,71-69+. The molecule has 1 amide bonds. The first-order chi connectivity index (χ1) is 50.1. The Morgan fingerprint density at radius 3 is 1.08 bits per heavy atom. The number of nitrogens with one attached hydrogen (secondary N) is 1. The average Bonchev–Trinajstić information content (AvgIpc) is 0.790. The summed E-state index contributed by atoms with van der Waals surface area (Å²) in [5, 5.41) is 87.7. The summed E-state index contributed by atoms with van der Waals surface area (Å²) in [6.07, 6.45) is 89.2. The molecule has 2 fully saturated rings. The van der Waals surface area contributed by atoms with E-state index >= 15 is 0 Å². The molecule has 584 valence electrons. The van der Waals surface area contributed by atoms with Crippen molar-refractivity contribution in [2.75, 3.05) is 19.8 Å². The maximum Gasteiger partial charge on any atom is 0.220 e. The summed E-state index contributed by atoms with van der Waals surface area (Å²) >= 11 is 0. The third-order valence-corrected chi connectivity index (χ3v) is 19.0. The van der Waals surface area contributed by atoms with E-state index in [9.17, 15) is 45.6 Å². The van der Waals surface area contributed by atoms with Crippen LogP contribution in [0.15, 0.2) is 146 Å². The summed E-state index contributed by atoms with van der Waals surface area (Å²) in [6, 6.07) is -0.953. The highest BCUT2D eigenvalue weighted by atomic mass is 16.7. The molecule has 12 atom stereocenters. The second-order valence-electron chi connectivity index (χ2n) is 28.2. The van der Waals surface area contributed by atoms with E-state index in [0.717, 1.165) is 116 Å². The maximum atomic E-state index is 13.4. The molecule has 2 saturated heterocycles. The van der Waals surface area contributed by atoms with Gasteiger partial charge in [0.2, 0.25) is 5.91 Å². The first kappa shape index (κ1) is 94.0. The molecule has 2 rings (SSSR count). The number of carbonyl (C=O) groups excluding carboxylic acids is 1. The molecule has 2 aliphatic heterocycles. The first-order valence-corrected chi connectivity index (χ1v) is 41.1. The molecule has 0 aromatic rings. The van der Waals surface area contributed by atoms with Gasteiger partial charge in [-0.2, -0.15) is 0 Å². The van der Waals surface area contributed by atoms with Crippen LogP contribution in [0.3, 0.4) is 0 Å². The number of carbonyl (C=O) groups is 1. The van der Waals surface area contributed by atoms with Crippen LogP contribution >= 0.6 is 0 Å². The molecule has 14 heteroatoms. The highest BCUT2D eigenvalue weighted by Gasteiger charge is 2.51. The molecule has 2 aliphatic rings. The van der Waals surface area contributed by atoms with Crippen LogP contribution in [0, 0.1) is 0 Å². The Kier molecular flexibility index (Phi) is 64.4. The van der Waals surface area contributed by atoms with Crippen molar-refractivity contribution < 1.29 is 64.6 Å². The van der Waals surface area contributed by atoms with Crippen LogP contribution in [0.2, 0.25) is 0 Å². The molecule has 0 aromatic carbocycles. The van der Waals surface area contributed by atoms with Crippen molar-refractivity contribution in [1.29, 1.82) is 0 Å². The molecule has 2 heterocycles. The van der Waals surface area contributed by atoms with Crippen LogP contribution in [-0.4, -0.2) is 140 Å². The van der Waals surface area contributed by atoms with Crippen LogP contribution in [0.4, 0.5) is 0 Å². The van der Waals surface area contributed by atoms with Gasteiger partial charge in [0.25, 0.3) is 0 Å². The van der Waals surface area contributed by atoms with Crippen molar-refractivity contribution in [3.05, 3.63) is 146 Å². The van der Waals surface area contributed by atoms with Crippen LogP contribution in [-0.2, 0) is 23.7 Å². The van der Waals surface area contributed by atoms with Crippen LogP contribution in [0.25, 0.3) is 0 Å². The van der Waals surface area contributed by atoms with E-state index in [4.69, 9.17) is 18.9 Å². The molecule has 0 saturated carbocycles. The zero-order valence-electron chi connectivity index (χ0n) is 64.1. The number of aliphatic hydroxyl groups excluding tert-OH is 8. The smallest absolute Gasteiger partial charge is 0.220 e. The number of ether oxygens (including phenoxy) is 4. The lowest BCUT2D eigenvalue weighted by Crippen LogP contribution is -2.65. The fourth-order valence-electron chi connectivity index (χ4n) is 12.6. The molecule has 0 aliphatic carbocycles. The number of hydrogen-bond acceptors (Lipinski definition) is 13. The topological polar surface area (TPSA) is 228 Å². The van der Waals surface area contributed by atoms with Crippen LogP contribution in [0.5, 0.6) is 0 Å². The van der Waals surface area contributed by atoms with E-state index in [1.165, 1.54) is 161 Å². The van der Waals surface area contributed by atoms with E-state index in [1.807, 2.05) is 6.08 Å². The Morgan fingerprint density at radius 1 is 0.363 bits per heavy atom. The first-order valence-electron chi connectivity index (χ1n) is 41.1. The van der Waals surface area contributed by atoms with E-state index in [1.54, 1.807) is 6.08 Å². The second-order valence-corrected chi connectivity index (χ2v) is 28.2. The van der Waals surface area contributed by atoms with Gasteiger partial charge in [0.05, 0.1) is 32.0 Å². The lowest BCUT2D eigenvalue weighted by atomic mass is 9.97. The molecular formula is C88H149NO13. The molecule has 0 bridgehead atoms. The lowest BCUT2D eigenvalue weighted by molar-refractivity contribution is -0.359. The summed E-state index contributed by atoms with van der Waals surface area (Å²) < 4.78 is 22.9. The molecular weight excluding hydrogens is 1280 g/mol. The van der Waals surface area contributed by atoms with Gasteiger partial charge in [-0.15, -0.1) is 0 Å². The summed E-state index contributed by atoms with van der Waals surface area (Å²) in [5.41, 5.74) is 0. The number of rotatable bonds is 67. The fraction of sp³-hybridized carbons (Fsp3) is 0.716. The summed E-state index contributed by atoms with van der Waals surface area (Å²) in [7, 11) is 0. The van der Waals surface area contributed by atoms with Gasteiger partial charge in [-0.1, -0.05) is 339 Å².